The van der Waals surface area contributed by atoms with Crippen LogP contribution in [0.1, 0.15) is 21.5 Å². The van der Waals surface area contributed by atoms with Crippen LogP contribution in [0, 0.1) is 13.8 Å². The van der Waals surface area contributed by atoms with Crippen LogP contribution in [0.25, 0.3) is 0 Å². The van der Waals surface area contributed by atoms with Crippen molar-refractivity contribution < 1.29 is 4.79 Å². The molecule has 1 nitrogen and oxygen atoms in total. The van der Waals surface area contributed by atoms with Crippen molar-refractivity contribution in [1.29, 1.82) is 0 Å². The molecule has 0 spiro atoms. The molecule has 0 radical (unpaired) electrons. The van der Waals surface area contributed by atoms with Gasteiger partial charge in [0, 0.05) is 10.5 Å². The van der Waals surface area contributed by atoms with Crippen LogP contribution in [0.4, 0.5) is 0 Å². The van der Waals surface area contributed by atoms with E-state index in [1.54, 1.807) is 11.8 Å². The van der Waals surface area contributed by atoms with Crippen molar-refractivity contribution in [2.24, 2.45) is 0 Å². The molecule has 2 aromatic rings. The number of hydrogen-bond acceptors (Lipinski definition) is 2. The summed E-state index contributed by atoms with van der Waals surface area (Å²) >= 11 is 1.59. The van der Waals surface area contributed by atoms with Crippen LogP contribution in [0.3, 0.4) is 0 Å². The fourth-order valence-corrected chi connectivity index (χ4v) is 2.40. The van der Waals surface area contributed by atoms with Crippen LogP contribution in [0.15, 0.2) is 53.4 Å². The highest BCUT2D eigenvalue weighted by Crippen LogP contribution is 2.19. The summed E-state index contributed by atoms with van der Waals surface area (Å²) in [6.45, 7) is 4.08. The molecular weight excluding hydrogens is 240 g/mol. The zero-order chi connectivity index (χ0) is 13.0. The Morgan fingerprint density at radius 2 is 1.39 bits per heavy atom. The van der Waals surface area contributed by atoms with Crippen LogP contribution in [0.5, 0.6) is 0 Å². The lowest BCUT2D eigenvalue weighted by Crippen LogP contribution is -2.01. The van der Waals surface area contributed by atoms with Crippen molar-refractivity contribution in [3.63, 3.8) is 0 Å². The van der Waals surface area contributed by atoms with Crippen molar-refractivity contribution in [3.8, 4) is 0 Å². The smallest absolute Gasteiger partial charge is 0.173 e. The minimum absolute atomic E-state index is 0.181. The van der Waals surface area contributed by atoms with E-state index in [-0.39, 0.29) is 5.78 Å². The second-order valence-electron chi connectivity index (χ2n) is 4.39. The lowest BCUT2D eigenvalue weighted by Gasteiger charge is -2.03. The third-order valence-corrected chi connectivity index (χ3v) is 3.78. The molecule has 92 valence electrons. The largest absolute Gasteiger partial charge is 0.293 e. The van der Waals surface area contributed by atoms with Gasteiger partial charge < -0.3 is 0 Å². The number of rotatable bonds is 4. The molecule has 2 rings (SSSR count). The van der Waals surface area contributed by atoms with Crippen LogP contribution in [-0.2, 0) is 0 Å². The molecule has 0 fully saturated rings. The normalized spacial score (nSPS) is 10.3. The Labute approximate surface area is 112 Å². The number of carbonyl (C=O) groups excluding carboxylic acids is 1. The van der Waals surface area contributed by atoms with Crippen molar-refractivity contribution in [2.75, 3.05) is 5.75 Å². The maximum absolute atomic E-state index is 12.0. The standard InChI is InChI=1S/C16H16OS/c1-12-3-7-14(8-4-12)16(17)11-18-15-9-5-13(2)6-10-15/h3-10H,11H2,1-2H3. The second kappa shape index (κ2) is 5.87. The average Bonchev–Trinajstić information content (AvgIpc) is 2.38. The lowest BCUT2D eigenvalue weighted by molar-refractivity contribution is 0.102. The molecule has 0 aliphatic heterocycles. The van der Waals surface area contributed by atoms with Gasteiger partial charge in [-0.05, 0) is 26.0 Å². The number of hydrogen-bond donors (Lipinski definition) is 0. The first-order valence-corrected chi connectivity index (χ1v) is 6.93. The van der Waals surface area contributed by atoms with Gasteiger partial charge in [-0.1, -0.05) is 47.5 Å². The molecule has 0 saturated heterocycles. The molecule has 2 heteroatoms. The monoisotopic (exact) mass is 256 g/mol. The van der Waals surface area contributed by atoms with Gasteiger partial charge in [-0.25, -0.2) is 0 Å². The highest BCUT2D eigenvalue weighted by molar-refractivity contribution is 8.00. The number of Topliss-reactive ketones (excluding diaryl/α,β-unsaturated/α-hetero) is 1. The molecule has 0 aliphatic rings. The SMILES string of the molecule is Cc1ccc(SCC(=O)c2ccc(C)cc2)cc1. The quantitative estimate of drug-likeness (QED) is 0.600. The molecule has 0 aromatic heterocycles. The Balaban J connectivity index is 1.96. The van der Waals surface area contributed by atoms with Crippen LogP contribution in [-0.4, -0.2) is 11.5 Å². The molecule has 0 bridgehead atoms. The molecule has 0 N–H and O–H groups in total. The zero-order valence-corrected chi connectivity index (χ0v) is 11.5. The molecule has 0 aliphatic carbocycles. The van der Waals surface area contributed by atoms with Gasteiger partial charge in [-0.3, -0.25) is 4.79 Å². The Morgan fingerprint density at radius 1 is 0.889 bits per heavy atom. The van der Waals surface area contributed by atoms with Gasteiger partial charge >= 0.3 is 0 Å². The molecular formula is C16H16OS. The summed E-state index contributed by atoms with van der Waals surface area (Å²) in [5.41, 5.74) is 3.21. The molecule has 0 atom stereocenters. The minimum Gasteiger partial charge on any atom is -0.293 e. The maximum atomic E-state index is 12.0. The van der Waals surface area contributed by atoms with E-state index in [0.29, 0.717) is 5.75 Å². The van der Waals surface area contributed by atoms with Crippen molar-refractivity contribution in [2.45, 2.75) is 18.7 Å². The third kappa shape index (κ3) is 3.47. The fraction of sp³-hybridized carbons (Fsp3) is 0.188. The maximum Gasteiger partial charge on any atom is 0.173 e. The van der Waals surface area contributed by atoms with Gasteiger partial charge in [-0.15, -0.1) is 11.8 Å². The summed E-state index contributed by atoms with van der Waals surface area (Å²) in [7, 11) is 0. The van der Waals surface area contributed by atoms with E-state index >= 15 is 0 Å². The number of ketones is 1. The van der Waals surface area contributed by atoms with E-state index in [4.69, 9.17) is 0 Å². The Bertz CT molecular complexity index is 526. The molecule has 0 heterocycles. The van der Waals surface area contributed by atoms with E-state index < -0.39 is 0 Å². The first-order valence-electron chi connectivity index (χ1n) is 5.94. The highest BCUT2D eigenvalue weighted by atomic mass is 32.2. The summed E-state index contributed by atoms with van der Waals surface area (Å²) in [6.07, 6.45) is 0. The van der Waals surface area contributed by atoms with Crippen LogP contribution < -0.4 is 0 Å². The van der Waals surface area contributed by atoms with Crippen molar-refractivity contribution in [3.05, 3.63) is 65.2 Å². The number of benzene rings is 2. The highest BCUT2D eigenvalue weighted by Gasteiger charge is 2.06. The van der Waals surface area contributed by atoms with E-state index in [1.807, 2.05) is 31.2 Å². The van der Waals surface area contributed by atoms with Gasteiger partial charge in [-0.2, -0.15) is 0 Å². The summed E-state index contributed by atoms with van der Waals surface area (Å²) in [5.74, 6) is 0.673. The molecule has 0 amide bonds. The topological polar surface area (TPSA) is 17.1 Å². The van der Waals surface area contributed by atoms with E-state index in [2.05, 4.69) is 31.2 Å². The summed E-state index contributed by atoms with van der Waals surface area (Å²) in [6, 6.07) is 16.0. The van der Waals surface area contributed by atoms with E-state index in [0.717, 1.165) is 10.5 Å². The number of carbonyl (C=O) groups is 1. The minimum atomic E-state index is 0.181. The Hall–Kier alpha value is -1.54. The summed E-state index contributed by atoms with van der Waals surface area (Å²) in [4.78, 5) is 13.1. The van der Waals surface area contributed by atoms with Crippen LogP contribution >= 0.6 is 11.8 Å². The predicted molar refractivity (Wildman–Crippen MR) is 77.4 cm³/mol. The van der Waals surface area contributed by atoms with Crippen molar-refractivity contribution in [1.82, 2.24) is 0 Å². The van der Waals surface area contributed by atoms with Crippen LogP contribution in [0.2, 0.25) is 0 Å². The molecule has 0 saturated carbocycles. The average molecular weight is 256 g/mol. The van der Waals surface area contributed by atoms with E-state index in [1.165, 1.54) is 11.1 Å². The van der Waals surface area contributed by atoms with Gasteiger partial charge in [0.05, 0.1) is 5.75 Å². The van der Waals surface area contributed by atoms with Gasteiger partial charge in [0.25, 0.3) is 0 Å². The fourth-order valence-electron chi connectivity index (χ4n) is 1.61. The van der Waals surface area contributed by atoms with Crippen molar-refractivity contribution >= 4 is 17.5 Å². The first-order chi connectivity index (χ1) is 8.65. The Kier molecular flexibility index (Phi) is 4.21. The molecule has 18 heavy (non-hydrogen) atoms. The first kappa shape index (κ1) is 12.9. The molecule has 0 unspecified atom stereocenters. The predicted octanol–water partition coefficient (Wildman–Crippen LogP) is 4.28. The Morgan fingerprint density at radius 3 is 1.94 bits per heavy atom. The molecule has 2 aromatic carbocycles. The zero-order valence-electron chi connectivity index (χ0n) is 10.6. The third-order valence-electron chi connectivity index (χ3n) is 2.76. The van der Waals surface area contributed by atoms with Gasteiger partial charge in [0.15, 0.2) is 5.78 Å². The van der Waals surface area contributed by atoms with Gasteiger partial charge in [0.1, 0.15) is 0 Å². The summed E-state index contributed by atoms with van der Waals surface area (Å²) < 4.78 is 0. The van der Waals surface area contributed by atoms with Gasteiger partial charge in [0.2, 0.25) is 0 Å². The summed E-state index contributed by atoms with van der Waals surface area (Å²) in [5, 5.41) is 0. The lowest BCUT2D eigenvalue weighted by atomic mass is 10.1. The number of aryl methyl sites for hydroxylation is 2. The second-order valence-corrected chi connectivity index (χ2v) is 5.44. The number of thioether (sulfide) groups is 1. The van der Waals surface area contributed by atoms with E-state index in [9.17, 15) is 4.79 Å².